The maximum absolute atomic E-state index is 10.1. The van der Waals surface area contributed by atoms with Crippen molar-refractivity contribution in [3.05, 3.63) is 0 Å². The Kier molecular flexibility index (Phi) is 5.54. The number of carbonyl (C=O) groups is 1. The van der Waals surface area contributed by atoms with Gasteiger partial charge in [0.2, 0.25) is 0 Å². The van der Waals surface area contributed by atoms with Crippen molar-refractivity contribution in [2.45, 2.75) is 0 Å². The van der Waals surface area contributed by atoms with Crippen molar-refractivity contribution in [2.75, 3.05) is 20.1 Å². The minimum atomic E-state index is -0.917. The predicted molar refractivity (Wildman–Crippen MR) is 46.5 cm³/mol. The summed E-state index contributed by atoms with van der Waals surface area (Å²) >= 11 is 0. The lowest BCUT2D eigenvalue weighted by molar-refractivity contribution is -0.135. The van der Waals surface area contributed by atoms with Crippen molar-refractivity contribution in [1.82, 2.24) is 5.32 Å². The van der Waals surface area contributed by atoms with Gasteiger partial charge in [-0.1, -0.05) is 0 Å². The van der Waals surface area contributed by atoms with Crippen molar-refractivity contribution in [3.63, 3.8) is 0 Å². The summed E-state index contributed by atoms with van der Waals surface area (Å²) < 4.78 is 0. The molecule has 0 aromatic heterocycles. The molecule has 0 aliphatic heterocycles. The van der Waals surface area contributed by atoms with E-state index in [-0.39, 0.29) is 6.54 Å². The summed E-state index contributed by atoms with van der Waals surface area (Å²) in [6.45, 7) is 0.191. The van der Waals surface area contributed by atoms with Gasteiger partial charge in [-0.05, 0) is 0 Å². The molecular weight excluding hydrogens is 160 g/mol. The summed E-state index contributed by atoms with van der Waals surface area (Å²) in [4.78, 5) is 13.7. The third kappa shape index (κ3) is 5.36. The van der Waals surface area contributed by atoms with E-state index >= 15 is 0 Å². The number of carboxylic acids is 1. The molecule has 0 aromatic rings. The Hall–Kier alpha value is -1.43. The first kappa shape index (κ1) is 10.6. The molecule has 0 radical (unpaired) electrons. The third-order valence-electron chi connectivity index (χ3n) is 1.03. The number of nitrogens with two attached hydrogens (primary N) is 1. The molecule has 6 nitrogen and oxygen atoms in total. The van der Waals surface area contributed by atoms with Crippen molar-refractivity contribution >= 4 is 17.9 Å². The van der Waals surface area contributed by atoms with E-state index in [2.05, 4.69) is 15.4 Å². The molecule has 0 fully saturated rings. The van der Waals surface area contributed by atoms with Gasteiger partial charge in [0, 0.05) is 19.8 Å². The number of carboxylic acid groups (broad SMARTS) is 1. The maximum atomic E-state index is 10.1. The molecule has 0 amide bonds. The number of aliphatic carboxylic acids is 1. The van der Waals surface area contributed by atoms with E-state index in [1.54, 1.807) is 7.05 Å². The Balaban J connectivity index is 3.67. The first-order valence-electron chi connectivity index (χ1n) is 3.32. The van der Waals surface area contributed by atoms with E-state index in [4.69, 9.17) is 10.9 Å². The van der Waals surface area contributed by atoms with Crippen molar-refractivity contribution in [1.29, 1.82) is 0 Å². The number of aliphatic imine (C=N–C) groups is 1. The molecular formula is C6H12N4O2. The SMILES string of the molecule is CN=CC(CNCC(=O)O)=NN. The zero-order chi connectivity index (χ0) is 9.40. The first-order valence-corrected chi connectivity index (χ1v) is 3.32. The molecule has 6 heteroatoms. The van der Waals surface area contributed by atoms with E-state index in [9.17, 15) is 4.79 Å². The second kappa shape index (κ2) is 6.29. The van der Waals surface area contributed by atoms with Crippen LogP contribution in [0, 0.1) is 0 Å². The van der Waals surface area contributed by atoms with Crippen LogP contribution in [0.3, 0.4) is 0 Å². The highest BCUT2D eigenvalue weighted by atomic mass is 16.4. The van der Waals surface area contributed by atoms with Gasteiger partial charge in [-0.15, -0.1) is 0 Å². The Morgan fingerprint density at radius 1 is 1.67 bits per heavy atom. The van der Waals surface area contributed by atoms with Crippen LogP contribution in [0.4, 0.5) is 0 Å². The van der Waals surface area contributed by atoms with Crippen LogP contribution in [0.2, 0.25) is 0 Å². The minimum Gasteiger partial charge on any atom is -0.480 e. The highest BCUT2D eigenvalue weighted by Crippen LogP contribution is 1.69. The molecule has 0 rings (SSSR count). The second-order valence-electron chi connectivity index (χ2n) is 2.01. The number of hydrogen-bond donors (Lipinski definition) is 3. The molecule has 0 spiro atoms. The average molecular weight is 172 g/mol. The lowest BCUT2D eigenvalue weighted by Crippen LogP contribution is -2.29. The number of hydrogen-bond acceptors (Lipinski definition) is 5. The van der Waals surface area contributed by atoms with Crippen molar-refractivity contribution in [2.24, 2.45) is 15.9 Å². The summed E-state index contributed by atoms with van der Waals surface area (Å²) in [5.74, 6) is 4.07. The van der Waals surface area contributed by atoms with E-state index in [1.165, 1.54) is 6.21 Å². The monoisotopic (exact) mass is 172 g/mol. The molecule has 0 unspecified atom stereocenters. The van der Waals surface area contributed by atoms with E-state index in [0.717, 1.165) is 0 Å². The summed E-state index contributed by atoms with van der Waals surface area (Å²) in [7, 11) is 1.59. The van der Waals surface area contributed by atoms with Gasteiger partial charge in [-0.2, -0.15) is 5.10 Å². The van der Waals surface area contributed by atoms with Gasteiger partial charge in [0.15, 0.2) is 0 Å². The highest BCUT2D eigenvalue weighted by Gasteiger charge is 1.97. The smallest absolute Gasteiger partial charge is 0.317 e. The van der Waals surface area contributed by atoms with E-state index in [0.29, 0.717) is 12.3 Å². The number of nitrogens with zero attached hydrogens (tertiary/aromatic N) is 2. The van der Waals surface area contributed by atoms with Crippen LogP contribution in [0.1, 0.15) is 0 Å². The van der Waals surface area contributed by atoms with Gasteiger partial charge >= 0.3 is 5.97 Å². The third-order valence-corrected chi connectivity index (χ3v) is 1.03. The van der Waals surface area contributed by atoms with Crippen molar-refractivity contribution in [3.8, 4) is 0 Å². The lowest BCUT2D eigenvalue weighted by Gasteiger charge is -1.98. The van der Waals surface area contributed by atoms with Crippen LogP contribution in [0.25, 0.3) is 0 Å². The molecule has 0 atom stereocenters. The second-order valence-corrected chi connectivity index (χ2v) is 2.01. The normalized spacial score (nSPS) is 12.2. The highest BCUT2D eigenvalue weighted by molar-refractivity contribution is 6.31. The fourth-order valence-corrected chi connectivity index (χ4v) is 0.571. The molecule has 0 aliphatic rings. The predicted octanol–water partition coefficient (Wildman–Crippen LogP) is -1.32. The van der Waals surface area contributed by atoms with Crippen LogP contribution in [0.15, 0.2) is 10.1 Å². The van der Waals surface area contributed by atoms with Crippen LogP contribution in [0.5, 0.6) is 0 Å². The topological polar surface area (TPSA) is 100 Å². The lowest BCUT2D eigenvalue weighted by atomic mass is 10.4. The first-order chi connectivity index (χ1) is 5.70. The molecule has 0 saturated heterocycles. The molecule has 0 saturated carbocycles. The van der Waals surface area contributed by atoms with Gasteiger partial charge in [-0.25, -0.2) is 0 Å². The number of rotatable bonds is 5. The Bertz CT molecular complexity index is 200. The van der Waals surface area contributed by atoms with Gasteiger partial charge < -0.3 is 16.3 Å². The van der Waals surface area contributed by atoms with Crippen LogP contribution >= 0.6 is 0 Å². The Morgan fingerprint density at radius 2 is 2.33 bits per heavy atom. The quantitative estimate of drug-likeness (QED) is 0.272. The number of nitrogens with one attached hydrogen (secondary N) is 1. The molecule has 68 valence electrons. The molecule has 0 heterocycles. The zero-order valence-electron chi connectivity index (χ0n) is 6.82. The van der Waals surface area contributed by atoms with E-state index < -0.39 is 5.97 Å². The summed E-state index contributed by atoms with van der Waals surface area (Å²) in [5.41, 5.74) is 0.513. The molecule has 0 aliphatic carbocycles. The maximum Gasteiger partial charge on any atom is 0.317 e. The van der Waals surface area contributed by atoms with Gasteiger partial charge in [0.25, 0.3) is 0 Å². The standard InChI is InChI=1S/C6H12N4O2/c1-8-2-5(10-7)3-9-4-6(11)12/h2,9H,3-4,7H2,1H3,(H,11,12). The molecule has 12 heavy (non-hydrogen) atoms. The summed E-state index contributed by atoms with van der Waals surface area (Å²) in [6, 6.07) is 0. The van der Waals surface area contributed by atoms with E-state index in [1.807, 2.05) is 0 Å². The Labute approximate surface area is 70.2 Å². The number of hydrazone groups is 1. The van der Waals surface area contributed by atoms with Gasteiger partial charge in [0.1, 0.15) is 0 Å². The van der Waals surface area contributed by atoms with Crippen LogP contribution in [-0.4, -0.2) is 43.1 Å². The van der Waals surface area contributed by atoms with Gasteiger partial charge in [0.05, 0.1) is 12.3 Å². The van der Waals surface area contributed by atoms with Crippen molar-refractivity contribution < 1.29 is 9.90 Å². The molecule has 0 bridgehead atoms. The van der Waals surface area contributed by atoms with Gasteiger partial charge in [-0.3, -0.25) is 9.79 Å². The van der Waals surface area contributed by atoms with Crippen LogP contribution in [-0.2, 0) is 4.79 Å². The zero-order valence-corrected chi connectivity index (χ0v) is 6.82. The van der Waals surface area contributed by atoms with Crippen LogP contribution < -0.4 is 11.2 Å². The fraction of sp³-hybridized carbons (Fsp3) is 0.500. The average Bonchev–Trinajstić information content (AvgIpc) is 2.02. The molecule has 4 N–H and O–H groups in total. The Morgan fingerprint density at radius 3 is 2.75 bits per heavy atom. The largest absolute Gasteiger partial charge is 0.480 e. The summed E-state index contributed by atoms with van der Waals surface area (Å²) in [6.07, 6.45) is 1.47. The molecule has 0 aromatic carbocycles. The fourth-order valence-electron chi connectivity index (χ4n) is 0.571. The summed E-state index contributed by atoms with van der Waals surface area (Å²) in [5, 5.41) is 14.3. The minimum absolute atomic E-state index is 0.115.